The second kappa shape index (κ2) is 2.61. The maximum atomic E-state index is 10.8. The number of rotatable bonds is 1. The third-order valence-corrected chi connectivity index (χ3v) is 5.79. The quantitative estimate of drug-likeness (QED) is 0.700. The Bertz CT molecular complexity index is 258. The van der Waals surface area contributed by atoms with Crippen molar-refractivity contribution < 1.29 is 5.11 Å². The molecule has 0 amide bonds. The average Bonchev–Trinajstić information content (AvgIpc) is 2.10. The third kappa shape index (κ3) is 1.19. The Balaban J connectivity index is 2.01. The van der Waals surface area contributed by atoms with E-state index in [1.165, 1.54) is 32.1 Å². The molecule has 0 aromatic heterocycles. The molecule has 86 valence electrons. The predicted molar refractivity (Wildman–Crippen MR) is 61.5 cm³/mol. The minimum atomic E-state index is -0.306. The molecule has 1 N–H and O–H groups in total. The summed E-state index contributed by atoms with van der Waals surface area (Å²) in [5.74, 6) is 1.19. The molecule has 0 unspecified atom stereocenters. The SMILES string of the molecule is CCC1(O)C2CC3(C)CC1CC(C)(C2)C3. The zero-order valence-corrected chi connectivity index (χ0v) is 10.3. The van der Waals surface area contributed by atoms with E-state index in [4.69, 9.17) is 0 Å². The van der Waals surface area contributed by atoms with Gasteiger partial charge in [-0.2, -0.15) is 0 Å². The van der Waals surface area contributed by atoms with Crippen LogP contribution in [0.15, 0.2) is 0 Å². The van der Waals surface area contributed by atoms with Crippen LogP contribution >= 0.6 is 0 Å². The Morgan fingerprint density at radius 1 is 1.00 bits per heavy atom. The standard InChI is InChI=1S/C14H24O/c1-4-14(15)10-5-12(2)6-11(14)8-13(3,7-10)9-12/h10-11,15H,4-9H2,1-3H3. The molecule has 1 nitrogen and oxygen atoms in total. The van der Waals surface area contributed by atoms with Gasteiger partial charge in [-0.25, -0.2) is 0 Å². The van der Waals surface area contributed by atoms with E-state index in [9.17, 15) is 5.11 Å². The zero-order valence-electron chi connectivity index (χ0n) is 10.3. The summed E-state index contributed by atoms with van der Waals surface area (Å²) in [4.78, 5) is 0. The molecule has 4 rings (SSSR count). The van der Waals surface area contributed by atoms with Crippen molar-refractivity contribution in [3.63, 3.8) is 0 Å². The lowest BCUT2D eigenvalue weighted by molar-refractivity contribution is -0.222. The first kappa shape index (κ1) is 10.1. The summed E-state index contributed by atoms with van der Waals surface area (Å²) in [6, 6.07) is 0. The molecule has 4 fully saturated rings. The molecule has 0 aliphatic heterocycles. The van der Waals surface area contributed by atoms with Gasteiger partial charge in [0, 0.05) is 0 Å². The van der Waals surface area contributed by atoms with Gasteiger partial charge in [-0.05, 0) is 61.2 Å². The minimum Gasteiger partial charge on any atom is -0.389 e. The number of aliphatic hydroxyl groups is 1. The lowest BCUT2D eigenvalue weighted by atomic mass is 9.40. The average molecular weight is 208 g/mol. The van der Waals surface area contributed by atoms with Crippen LogP contribution in [0, 0.1) is 22.7 Å². The molecule has 0 radical (unpaired) electrons. The molecule has 0 atom stereocenters. The molecule has 15 heavy (non-hydrogen) atoms. The molecule has 0 spiro atoms. The highest BCUT2D eigenvalue weighted by molar-refractivity contribution is 5.13. The van der Waals surface area contributed by atoms with Gasteiger partial charge in [-0.3, -0.25) is 0 Å². The first-order valence-corrected chi connectivity index (χ1v) is 6.62. The van der Waals surface area contributed by atoms with Crippen molar-refractivity contribution in [2.45, 2.75) is 64.9 Å². The summed E-state index contributed by atoms with van der Waals surface area (Å²) in [6.45, 7) is 7.09. The van der Waals surface area contributed by atoms with E-state index in [0.717, 1.165) is 6.42 Å². The van der Waals surface area contributed by atoms with E-state index in [1.807, 2.05) is 0 Å². The topological polar surface area (TPSA) is 20.2 Å². The molecule has 0 saturated heterocycles. The van der Waals surface area contributed by atoms with E-state index in [1.54, 1.807) is 0 Å². The van der Waals surface area contributed by atoms with Crippen molar-refractivity contribution in [1.29, 1.82) is 0 Å². The van der Waals surface area contributed by atoms with E-state index in [0.29, 0.717) is 22.7 Å². The van der Waals surface area contributed by atoms with Crippen LogP contribution in [0.2, 0.25) is 0 Å². The highest BCUT2D eigenvalue weighted by Gasteiger charge is 2.62. The first-order valence-electron chi connectivity index (χ1n) is 6.62. The number of hydrogen-bond donors (Lipinski definition) is 1. The van der Waals surface area contributed by atoms with Gasteiger partial charge in [0.15, 0.2) is 0 Å². The van der Waals surface area contributed by atoms with Gasteiger partial charge in [0.1, 0.15) is 0 Å². The monoisotopic (exact) mass is 208 g/mol. The molecule has 0 aromatic rings. The summed E-state index contributed by atoms with van der Waals surface area (Å²) in [5.41, 5.74) is 0.809. The van der Waals surface area contributed by atoms with Gasteiger partial charge in [-0.15, -0.1) is 0 Å². The molecule has 4 aliphatic rings. The maximum absolute atomic E-state index is 10.8. The van der Waals surface area contributed by atoms with Crippen LogP contribution in [0.5, 0.6) is 0 Å². The first-order chi connectivity index (χ1) is 6.89. The summed E-state index contributed by atoms with van der Waals surface area (Å²) in [5, 5.41) is 10.8. The normalized spacial score (nSPS) is 62.4. The summed E-state index contributed by atoms with van der Waals surface area (Å²) >= 11 is 0. The fourth-order valence-electron chi connectivity index (χ4n) is 5.63. The van der Waals surface area contributed by atoms with Gasteiger partial charge in [-0.1, -0.05) is 20.8 Å². The number of hydrogen-bond acceptors (Lipinski definition) is 1. The van der Waals surface area contributed by atoms with Crippen LogP contribution in [-0.2, 0) is 0 Å². The molecular formula is C14H24O. The smallest absolute Gasteiger partial charge is 0.0702 e. The summed E-state index contributed by atoms with van der Waals surface area (Å²) < 4.78 is 0. The Morgan fingerprint density at radius 3 is 1.73 bits per heavy atom. The molecular weight excluding hydrogens is 184 g/mol. The predicted octanol–water partition coefficient (Wildman–Crippen LogP) is 3.36. The summed E-state index contributed by atoms with van der Waals surface area (Å²) in [7, 11) is 0. The van der Waals surface area contributed by atoms with E-state index in [2.05, 4.69) is 20.8 Å². The van der Waals surface area contributed by atoms with Gasteiger partial charge < -0.3 is 5.11 Å². The fourth-order valence-corrected chi connectivity index (χ4v) is 5.63. The van der Waals surface area contributed by atoms with Gasteiger partial charge >= 0.3 is 0 Å². The lowest BCUT2D eigenvalue weighted by Gasteiger charge is -2.66. The Morgan fingerprint density at radius 2 is 1.40 bits per heavy atom. The van der Waals surface area contributed by atoms with Crippen molar-refractivity contribution in [2.75, 3.05) is 0 Å². The molecule has 1 heteroatoms. The molecule has 4 bridgehead atoms. The van der Waals surface area contributed by atoms with Gasteiger partial charge in [0.05, 0.1) is 5.60 Å². The molecule has 0 heterocycles. The van der Waals surface area contributed by atoms with Crippen LogP contribution in [0.25, 0.3) is 0 Å². The van der Waals surface area contributed by atoms with E-state index < -0.39 is 0 Å². The largest absolute Gasteiger partial charge is 0.389 e. The van der Waals surface area contributed by atoms with Crippen LogP contribution in [0.4, 0.5) is 0 Å². The third-order valence-electron chi connectivity index (χ3n) is 5.79. The van der Waals surface area contributed by atoms with Crippen LogP contribution < -0.4 is 0 Å². The van der Waals surface area contributed by atoms with Crippen molar-refractivity contribution in [1.82, 2.24) is 0 Å². The van der Waals surface area contributed by atoms with Crippen molar-refractivity contribution in [3.8, 4) is 0 Å². The van der Waals surface area contributed by atoms with Gasteiger partial charge in [0.25, 0.3) is 0 Å². The molecule has 0 aromatic carbocycles. The van der Waals surface area contributed by atoms with Crippen molar-refractivity contribution in [2.24, 2.45) is 22.7 Å². The van der Waals surface area contributed by atoms with E-state index in [-0.39, 0.29) is 5.60 Å². The lowest BCUT2D eigenvalue weighted by Crippen LogP contribution is -2.62. The summed E-state index contributed by atoms with van der Waals surface area (Å²) in [6.07, 6.45) is 7.50. The molecule has 4 aliphatic carbocycles. The highest BCUT2D eigenvalue weighted by Crippen LogP contribution is 2.68. The fraction of sp³-hybridized carbons (Fsp3) is 1.00. The van der Waals surface area contributed by atoms with E-state index >= 15 is 0 Å². The zero-order chi connectivity index (χ0) is 10.9. The maximum Gasteiger partial charge on any atom is 0.0702 e. The highest BCUT2D eigenvalue weighted by atomic mass is 16.3. The second-order valence-electron chi connectivity index (χ2n) is 7.35. The Hall–Kier alpha value is -0.0400. The Kier molecular flexibility index (Phi) is 1.77. The van der Waals surface area contributed by atoms with Crippen molar-refractivity contribution >= 4 is 0 Å². The Labute approximate surface area is 93.3 Å². The van der Waals surface area contributed by atoms with Crippen LogP contribution in [0.3, 0.4) is 0 Å². The van der Waals surface area contributed by atoms with Crippen LogP contribution in [0.1, 0.15) is 59.3 Å². The van der Waals surface area contributed by atoms with Crippen molar-refractivity contribution in [3.05, 3.63) is 0 Å². The van der Waals surface area contributed by atoms with Crippen LogP contribution in [-0.4, -0.2) is 10.7 Å². The minimum absolute atomic E-state index is 0.306. The van der Waals surface area contributed by atoms with Gasteiger partial charge in [0.2, 0.25) is 0 Å². The second-order valence-corrected chi connectivity index (χ2v) is 7.35. The molecule has 4 saturated carbocycles.